The van der Waals surface area contributed by atoms with Crippen molar-refractivity contribution in [1.82, 2.24) is 10.3 Å². The molecular formula is C10H13ClN2O2. The average Bonchev–Trinajstić information content (AvgIpc) is 2.58. The number of nitrogens with zero attached hydrogens (tertiary/aromatic N) is 1. The van der Waals surface area contributed by atoms with Crippen molar-refractivity contribution in [3.63, 3.8) is 0 Å². The quantitative estimate of drug-likeness (QED) is 0.804. The van der Waals surface area contributed by atoms with Crippen LogP contribution in [-0.2, 0) is 0 Å². The fourth-order valence-corrected chi connectivity index (χ4v) is 2.05. The van der Waals surface area contributed by atoms with E-state index in [4.69, 9.17) is 16.0 Å². The maximum atomic E-state index is 11.8. The van der Waals surface area contributed by atoms with Gasteiger partial charge in [-0.3, -0.25) is 4.79 Å². The van der Waals surface area contributed by atoms with Crippen LogP contribution < -0.4 is 5.32 Å². The maximum Gasteiger partial charge on any atom is 0.289 e. The van der Waals surface area contributed by atoms with Crippen LogP contribution in [0, 0.1) is 6.92 Å². The van der Waals surface area contributed by atoms with Crippen LogP contribution in [0.1, 0.15) is 35.5 Å². The Kier molecular flexibility index (Phi) is 2.69. The molecule has 82 valence electrons. The molecular weight excluding hydrogens is 216 g/mol. The number of halogens is 1. The molecule has 0 unspecified atom stereocenters. The molecule has 1 aliphatic carbocycles. The van der Waals surface area contributed by atoms with Gasteiger partial charge in [-0.05, 0) is 26.2 Å². The van der Waals surface area contributed by atoms with Gasteiger partial charge in [0.1, 0.15) is 0 Å². The SMILES string of the molecule is Cc1ncoc1C(=O)NC1(CCl)CCC1. The Morgan fingerprint density at radius 1 is 1.73 bits per heavy atom. The zero-order chi connectivity index (χ0) is 10.9. The Balaban J connectivity index is 2.07. The van der Waals surface area contributed by atoms with E-state index in [-0.39, 0.29) is 17.2 Å². The minimum Gasteiger partial charge on any atom is -0.438 e. The predicted octanol–water partition coefficient (Wildman–Crippen LogP) is 1.87. The molecule has 0 spiro atoms. The number of alkyl halides is 1. The third-order valence-electron chi connectivity index (χ3n) is 2.90. The van der Waals surface area contributed by atoms with Gasteiger partial charge in [0.05, 0.1) is 11.2 Å². The molecule has 2 rings (SSSR count). The lowest BCUT2D eigenvalue weighted by molar-refractivity contribution is 0.0824. The van der Waals surface area contributed by atoms with Crippen LogP contribution in [-0.4, -0.2) is 22.3 Å². The monoisotopic (exact) mass is 228 g/mol. The summed E-state index contributed by atoms with van der Waals surface area (Å²) in [5, 5.41) is 2.92. The van der Waals surface area contributed by atoms with Crippen molar-refractivity contribution in [2.45, 2.75) is 31.7 Å². The number of rotatable bonds is 3. The van der Waals surface area contributed by atoms with E-state index in [0.29, 0.717) is 11.6 Å². The zero-order valence-electron chi connectivity index (χ0n) is 8.55. The van der Waals surface area contributed by atoms with Crippen molar-refractivity contribution in [2.75, 3.05) is 5.88 Å². The smallest absolute Gasteiger partial charge is 0.289 e. The Hall–Kier alpha value is -1.03. The molecule has 0 saturated heterocycles. The lowest BCUT2D eigenvalue weighted by Gasteiger charge is -2.40. The molecule has 1 heterocycles. The van der Waals surface area contributed by atoms with E-state index >= 15 is 0 Å². The predicted molar refractivity (Wildman–Crippen MR) is 56.0 cm³/mol. The molecule has 1 aliphatic rings. The number of carbonyl (C=O) groups excluding carboxylic acids is 1. The second-order valence-corrected chi connectivity index (χ2v) is 4.26. The highest BCUT2D eigenvalue weighted by molar-refractivity contribution is 6.19. The van der Waals surface area contributed by atoms with Crippen LogP contribution in [0.4, 0.5) is 0 Å². The molecule has 0 aliphatic heterocycles. The summed E-state index contributed by atoms with van der Waals surface area (Å²) in [7, 11) is 0. The minimum absolute atomic E-state index is 0.217. The van der Waals surface area contributed by atoms with E-state index < -0.39 is 0 Å². The standard InChI is InChI=1S/C10H13ClN2O2/c1-7-8(15-6-12-7)9(14)13-10(5-11)3-2-4-10/h6H,2-5H2,1H3,(H,13,14). The first-order valence-electron chi connectivity index (χ1n) is 4.95. The van der Waals surface area contributed by atoms with Gasteiger partial charge < -0.3 is 9.73 Å². The number of hydrogen-bond acceptors (Lipinski definition) is 3. The third kappa shape index (κ3) is 1.86. The normalized spacial score (nSPS) is 18.3. The van der Waals surface area contributed by atoms with Gasteiger partial charge in [0.15, 0.2) is 6.39 Å². The van der Waals surface area contributed by atoms with Crippen molar-refractivity contribution in [3.8, 4) is 0 Å². The number of aryl methyl sites for hydroxylation is 1. The summed E-state index contributed by atoms with van der Waals surface area (Å²) in [5.74, 6) is 0.517. The van der Waals surface area contributed by atoms with Crippen LogP contribution in [0.5, 0.6) is 0 Å². The Labute approximate surface area is 93.0 Å². The van der Waals surface area contributed by atoms with Gasteiger partial charge in [0.2, 0.25) is 5.76 Å². The lowest BCUT2D eigenvalue weighted by Crippen LogP contribution is -2.55. The van der Waals surface area contributed by atoms with Crippen molar-refractivity contribution >= 4 is 17.5 Å². The first-order valence-corrected chi connectivity index (χ1v) is 5.49. The fourth-order valence-electron chi connectivity index (χ4n) is 1.71. The van der Waals surface area contributed by atoms with Gasteiger partial charge in [-0.1, -0.05) is 0 Å². The second-order valence-electron chi connectivity index (χ2n) is 3.99. The molecule has 0 radical (unpaired) electrons. The molecule has 0 atom stereocenters. The Morgan fingerprint density at radius 2 is 2.47 bits per heavy atom. The van der Waals surface area contributed by atoms with E-state index in [1.54, 1.807) is 6.92 Å². The van der Waals surface area contributed by atoms with Crippen molar-refractivity contribution in [3.05, 3.63) is 17.8 Å². The van der Waals surface area contributed by atoms with Crippen LogP contribution in [0.3, 0.4) is 0 Å². The third-order valence-corrected chi connectivity index (χ3v) is 3.41. The highest BCUT2D eigenvalue weighted by atomic mass is 35.5. The van der Waals surface area contributed by atoms with Gasteiger partial charge >= 0.3 is 0 Å². The second kappa shape index (κ2) is 3.85. The van der Waals surface area contributed by atoms with E-state index in [9.17, 15) is 4.79 Å². The van der Waals surface area contributed by atoms with Crippen molar-refractivity contribution in [1.29, 1.82) is 0 Å². The number of nitrogens with one attached hydrogen (secondary N) is 1. The molecule has 15 heavy (non-hydrogen) atoms. The Bertz CT molecular complexity index is 366. The largest absolute Gasteiger partial charge is 0.438 e. The zero-order valence-corrected chi connectivity index (χ0v) is 9.30. The number of amides is 1. The number of oxazole rings is 1. The fraction of sp³-hybridized carbons (Fsp3) is 0.600. The van der Waals surface area contributed by atoms with E-state index in [0.717, 1.165) is 19.3 Å². The molecule has 1 aromatic heterocycles. The molecule has 0 aromatic carbocycles. The molecule has 1 N–H and O–H groups in total. The van der Waals surface area contributed by atoms with Crippen molar-refractivity contribution < 1.29 is 9.21 Å². The highest BCUT2D eigenvalue weighted by Gasteiger charge is 2.38. The van der Waals surface area contributed by atoms with Gasteiger partial charge in [-0.15, -0.1) is 11.6 Å². The van der Waals surface area contributed by atoms with Crippen LogP contribution in [0.2, 0.25) is 0 Å². The number of aromatic nitrogens is 1. The Morgan fingerprint density at radius 3 is 2.87 bits per heavy atom. The summed E-state index contributed by atoms with van der Waals surface area (Å²) in [6, 6.07) is 0. The number of hydrogen-bond donors (Lipinski definition) is 1. The van der Waals surface area contributed by atoms with Crippen molar-refractivity contribution in [2.24, 2.45) is 0 Å². The van der Waals surface area contributed by atoms with Gasteiger partial charge in [-0.2, -0.15) is 0 Å². The number of carbonyl (C=O) groups is 1. The van der Waals surface area contributed by atoms with Gasteiger partial charge in [0, 0.05) is 5.88 Å². The first-order chi connectivity index (χ1) is 7.17. The molecule has 1 amide bonds. The van der Waals surface area contributed by atoms with Crippen LogP contribution in [0.15, 0.2) is 10.8 Å². The summed E-state index contributed by atoms with van der Waals surface area (Å²) >= 11 is 5.84. The van der Waals surface area contributed by atoms with Gasteiger partial charge in [0.25, 0.3) is 5.91 Å². The van der Waals surface area contributed by atoms with Crippen LogP contribution >= 0.6 is 11.6 Å². The topological polar surface area (TPSA) is 55.1 Å². The average molecular weight is 229 g/mol. The summed E-state index contributed by atoms with van der Waals surface area (Å²) in [4.78, 5) is 15.7. The van der Waals surface area contributed by atoms with Gasteiger partial charge in [-0.25, -0.2) is 4.98 Å². The maximum absolute atomic E-state index is 11.8. The molecule has 1 saturated carbocycles. The van der Waals surface area contributed by atoms with E-state index in [1.165, 1.54) is 6.39 Å². The highest BCUT2D eigenvalue weighted by Crippen LogP contribution is 2.33. The van der Waals surface area contributed by atoms with E-state index in [1.807, 2.05) is 0 Å². The summed E-state index contributed by atoms with van der Waals surface area (Å²) in [6.07, 6.45) is 4.27. The lowest BCUT2D eigenvalue weighted by atomic mass is 9.78. The molecule has 1 aromatic rings. The minimum atomic E-state index is -0.224. The summed E-state index contributed by atoms with van der Waals surface area (Å²) in [5.41, 5.74) is 0.384. The first kappa shape index (κ1) is 10.5. The van der Waals surface area contributed by atoms with E-state index in [2.05, 4.69) is 10.3 Å². The molecule has 0 bridgehead atoms. The molecule has 4 nitrogen and oxygen atoms in total. The summed E-state index contributed by atoms with van der Waals surface area (Å²) in [6.45, 7) is 1.74. The molecule has 1 fully saturated rings. The molecule has 5 heteroatoms. The summed E-state index contributed by atoms with van der Waals surface area (Å²) < 4.78 is 5.02. The van der Waals surface area contributed by atoms with Crippen LogP contribution in [0.25, 0.3) is 0 Å².